The number of aromatic amines is 1. The van der Waals surface area contributed by atoms with Crippen LogP contribution in [0, 0.1) is 0 Å². The molecule has 2 heterocycles. The molecule has 0 bridgehead atoms. The molecule has 0 aliphatic rings. The van der Waals surface area contributed by atoms with Gasteiger partial charge in [-0.05, 0) is 91.2 Å². The van der Waals surface area contributed by atoms with Crippen LogP contribution in [-0.2, 0) is 33.6 Å². The van der Waals surface area contributed by atoms with Crippen LogP contribution in [0.5, 0.6) is 0 Å². The van der Waals surface area contributed by atoms with Gasteiger partial charge >= 0.3 is 11.2 Å². The average molecular weight is 733 g/mol. The molecule has 0 spiro atoms. The first-order valence-electron chi connectivity index (χ1n) is 16.8. The minimum atomic E-state index is -5.34. The Balaban J connectivity index is 0.000000287. The number of hydrogen-bond donors (Lipinski definition) is 5. The second kappa shape index (κ2) is 16.9. The third kappa shape index (κ3) is 11.7. The molecule has 2 aromatic heterocycles. The van der Waals surface area contributed by atoms with Crippen LogP contribution in [0.1, 0.15) is 83.2 Å². The number of aryl methyl sites for hydroxylation is 1. The highest BCUT2D eigenvalue weighted by Gasteiger charge is 2.47. The lowest BCUT2D eigenvalue weighted by molar-refractivity contribution is -0.0436. The minimum absolute atomic E-state index is 0.0352. The van der Waals surface area contributed by atoms with Gasteiger partial charge < -0.3 is 27.5 Å². The van der Waals surface area contributed by atoms with Crippen LogP contribution in [-0.4, -0.2) is 54.1 Å². The first kappa shape index (κ1) is 41.2. The topological polar surface area (TPSA) is 187 Å². The molecule has 0 saturated heterocycles. The fraction of sp³-hybridized carbons (Fsp3) is 0.472. The van der Waals surface area contributed by atoms with Crippen LogP contribution in [0.25, 0.3) is 16.7 Å². The lowest BCUT2D eigenvalue weighted by atomic mass is 9.86. The third-order valence-corrected chi connectivity index (χ3v) is 9.50. The number of fused-ring (bicyclic) bond motifs is 1. The summed E-state index contributed by atoms with van der Waals surface area (Å²) in [7, 11) is -5.34. The number of sulfone groups is 1. The van der Waals surface area contributed by atoms with Crippen molar-refractivity contribution in [3.05, 3.63) is 87.6 Å². The fourth-order valence-electron chi connectivity index (χ4n) is 5.00. The Bertz CT molecular complexity index is 1950. The second-order valence-electron chi connectivity index (χ2n) is 14.4. The summed E-state index contributed by atoms with van der Waals surface area (Å²) < 4.78 is 63.3. The van der Waals surface area contributed by atoms with Crippen molar-refractivity contribution in [1.29, 1.82) is 0 Å². The summed E-state index contributed by atoms with van der Waals surface area (Å²) in [5.41, 5.74) is 14.7. The summed E-state index contributed by atoms with van der Waals surface area (Å²) in [5, 5.41) is 4.27. The predicted octanol–water partition coefficient (Wildman–Crippen LogP) is 5.32. The smallest absolute Gasteiger partial charge is 0.370 e. The van der Waals surface area contributed by atoms with Gasteiger partial charge in [-0.15, -0.1) is 0 Å². The van der Waals surface area contributed by atoms with Crippen LogP contribution in [0.4, 0.5) is 13.2 Å². The molecule has 0 aliphatic heterocycles. The number of hydrogen-bond acceptors (Lipinski definition) is 7. The number of halogens is 3. The van der Waals surface area contributed by atoms with Crippen LogP contribution in [0.3, 0.4) is 0 Å². The van der Waals surface area contributed by atoms with Gasteiger partial charge in [0.1, 0.15) is 5.65 Å². The number of alkyl halides is 3. The summed E-state index contributed by atoms with van der Waals surface area (Å²) >= 11 is 0. The van der Waals surface area contributed by atoms with E-state index in [1.807, 2.05) is 51.2 Å². The van der Waals surface area contributed by atoms with Gasteiger partial charge in [-0.25, -0.2) is 13.2 Å². The van der Waals surface area contributed by atoms with Gasteiger partial charge in [0.05, 0.1) is 10.6 Å². The van der Waals surface area contributed by atoms with E-state index in [0.717, 1.165) is 60.4 Å². The fourth-order valence-corrected chi connectivity index (χ4v) is 5.86. The van der Waals surface area contributed by atoms with Crippen molar-refractivity contribution in [3.8, 4) is 5.69 Å². The molecule has 0 amide bonds. The summed E-state index contributed by atoms with van der Waals surface area (Å²) in [6.45, 7) is 14.5. The highest BCUT2D eigenvalue weighted by molar-refractivity contribution is 7.92. The summed E-state index contributed by atoms with van der Waals surface area (Å²) in [5.74, 6) is 0.123. The van der Waals surface area contributed by atoms with Gasteiger partial charge in [0.25, 0.3) is 9.84 Å². The molecule has 0 unspecified atom stereocenters. The van der Waals surface area contributed by atoms with E-state index in [0.29, 0.717) is 42.7 Å². The maximum Gasteiger partial charge on any atom is 0.501 e. The second-order valence-corrected chi connectivity index (χ2v) is 16.4. The Kier molecular flexibility index (Phi) is 13.6. The molecule has 0 atom stereocenters. The van der Waals surface area contributed by atoms with Crippen molar-refractivity contribution < 1.29 is 21.6 Å². The maximum atomic E-state index is 12.8. The van der Waals surface area contributed by atoms with Crippen molar-refractivity contribution in [2.24, 2.45) is 22.2 Å². The number of benzene rings is 2. The van der Waals surface area contributed by atoms with Gasteiger partial charge in [-0.3, -0.25) is 9.56 Å². The summed E-state index contributed by atoms with van der Waals surface area (Å²) in [6, 6.07) is 13.9. The van der Waals surface area contributed by atoms with Gasteiger partial charge in [0.2, 0.25) is 0 Å². The Hall–Kier alpha value is -4.21. The lowest BCUT2D eigenvalue weighted by Gasteiger charge is -2.21. The van der Waals surface area contributed by atoms with Gasteiger partial charge in [-0.2, -0.15) is 18.2 Å². The number of guanidine groups is 1. The van der Waals surface area contributed by atoms with Crippen LogP contribution in [0.2, 0.25) is 0 Å². The molecular formula is C36H51F3N8O3S. The molecule has 11 nitrogen and oxygen atoms in total. The highest BCUT2D eigenvalue weighted by Crippen LogP contribution is 2.34. The quantitative estimate of drug-likeness (QED) is 0.0735. The molecule has 4 rings (SSSR count). The number of rotatable bonds is 12. The maximum absolute atomic E-state index is 12.8. The van der Waals surface area contributed by atoms with Crippen molar-refractivity contribution in [3.63, 3.8) is 0 Å². The molecule has 8 N–H and O–H groups in total. The number of H-pyrrole nitrogens is 1. The zero-order valence-corrected chi connectivity index (χ0v) is 31.0. The third-order valence-electron chi connectivity index (χ3n) is 8.03. The molecule has 0 saturated carbocycles. The highest BCUT2D eigenvalue weighted by atomic mass is 32.2. The van der Waals surface area contributed by atoms with Crippen molar-refractivity contribution in [2.45, 2.75) is 95.0 Å². The van der Waals surface area contributed by atoms with E-state index in [9.17, 15) is 26.4 Å². The monoisotopic (exact) mass is 732 g/mol. The Morgan fingerprint density at radius 2 is 1.59 bits per heavy atom. The van der Waals surface area contributed by atoms with Crippen LogP contribution in [0.15, 0.2) is 69.4 Å². The zero-order chi connectivity index (χ0) is 38.2. The van der Waals surface area contributed by atoms with E-state index in [-0.39, 0.29) is 17.1 Å². The minimum Gasteiger partial charge on any atom is -0.370 e. The van der Waals surface area contributed by atoms with E-state index in [1.54, 1.807) is 10.6 Å². The van der Waals surface area contributed by atoms with E-state index in [1.165, 1.54) is 0 Å². The summed E-state index contributed by atoms with van der Waals surface area (Å²) in [6.07, 6.45) is 4.65. The molecule has 51 heavy (non-hydrogen) atoms. The largest absolute Gasteiger partial charge is 0.501 e. The molecule has 15 heteroatoms. The van der Waals surface area contributed by atoms with E-state index in [2.05, 4.69) is 47.1 Å². The van der Waals surface area contributed by atoms with Crippen molar-refractivity contribution in [1.82, 2.24) is 19.9 Å². The van der Waals surface area contributed by atoms with E-state index < -0.39 is 25.7 Å². The van der Waals surface area contributed by atoms with Crippen LogP contribution < -0.4 is 28.2 Å². The number of aliphatic imine (C=N–C) groups is 1. The summed E-state index contributed by atoms with van der Waals surface area (Å²) in [4.78, 5) is 23.2. The Labute approximate surface area is 297 Å². The number of unbranched alkanes of at least 4 members (excludes halogenated alkanes) is 1. The molecule has 0 aliphatic carbocycles. The number of nitrogens with two attached hydrogens (primary N) is 3. The van der Waals surface area contributed by atoms with Gasteiger partial charge in [0, 0.05) is 35.8 Å². The first-order chi connectivity index (χ1) is 23.6. The SMILES string of the molecule is CC(C)(C)c1cc(CCCCN)cc(S(=O)(=O)C(F)(F)F)c1.CC(C)(C)c1cc2cn(-c3ccc(CNCCCN=C(N)N)cc3)c(=O)nc2[nH]1. The molecule has 280 valence electrons. The Morgan fingerprint density at radius 3 is 2.16 bits per heavy atom. The zero-order valence-electron chi connectivity index (χ0n) is 30.2. The molecule has 0 radical (unpaired) electrons. The standard InChI is InChI=1S/C21H29N7O.C15H22F3NO2S/c1-21(2,3)17-11-15-13-28(20(29)27-18(15)26-17)16-7-5-14(6-8-16)12-24-9-4-10-25-19(22)23;1-14(2,3)12-8-11(6-4-5-7-19)9-13(10-12)22(20,21)15(16,17)18/h5-8,11,13,24H,4,9-10,12H2,1-3H3,(H4,22,23,25)(H,26,27,29);8-10H,4-7,19H2,1-3H3. The van der Waals surface area contributed by atoms with E-state index >= 15 is 0 Å². The van der Waals surface area contributed by atoms with Gasteiger partial charge in [0.15, 0.2) is 5.96 Å². The number of aromatic nitrogens is 3. The van der Waals surface area contributed by atoms with Crippen molar-refractivity contribution in [2.75, 3.05) is 19.6 Å². The number of nitrogens with one attached hydrogen (secondary N) is 2. The van der Waals surface area contributed by atoms with Gasteiger partial charge in [-0.1, -0.05) is 59.7 Å². The molecular weight excluding hydrogens is 682 g/mol. The lowest BCUT2D eigenvalue weighted by Crippen LogP contribution is -2.24. The van der Waals surface area contributed by atoms with Crippen LogP contribution >= 0.6 is 0 Å². The Morgan fingerprint density at radius 1 is 0.922 bits per heavy atom. The normalized spacial score (nSPS) is 12.4. The number of nitrogens with zero attached hydrogens (tertiary/aromatic N) is 3. The van der Waals surface area contributed by atoms with E-state index in [4.69, 9.17) is 17.2 Å². The first-order valence-corrected chi connectivity index (χ1v) is 18.3. The molecule has 4 aromatic rings. The predicted molar refractivity (Wildman–Crippen MR) is 198 cm³/mol. The molecule has 0 fully saturated rings. The molecule has 2 aromatic carbocycles. The van der Waals surface area contributed by atoms with Crippen molar-refractivity contribution >= 4 is 26.8 Å². The average Bonchev–Trinajstić information content (AvgIpc) is 3.46.